The first-order chi connectivity index (χ1) is 7.52. The van der Waals surface area contributed by atoms with Crippen molar-refractivity contribution in [2.24, 2.45) is 5.73 Å². The molecule has 0 aliphatic carbocycles. The smallest absolute Gasteiger partial charge is 0.319 e. The van der Waals surface area contributed by atoms with E-state index in [1.807, 2.05) is 0 Å². The summed E-state index contributed by atoms with van der Waals surface area (Å²) in [6, 6.07) is 0. The molecular weight excluding hydrogens is 224 g/mol. The van der Waals surface area contributed by atoms with E-state index in [1.165, 1.54) is 7.11 Å². The van der Waals surface area contributed by atoms with Gasteiger partial charge in [0, 0.05) is 6.54 Å². The maximum absolute atomic E-state index is 12.5. The van der Waals surface area contributed by atoms with Crippen LogP contribution in [0.2, 0.25) is 0 Å². The molecule has 0 saturated carbocycles. The molecule has 88 valence electrons. The van der Waals surface area contributed by atoms with E-state index in [1.54, 1.807) is 0 Å². The number of nitrogens with zero attached hydrogens (tertiary/aromatic N) is 2. The Morgan fingerprint density at radius 1 is 1.69 bits per heavy atom. The highest BCUT2D eigenvalue weighted by Gasteiger charge is 2.27. The Balaban J connectivity index is 3.49. The number of aromatic nitrogens is 1. The van der Waals surface area contributed by atoms with Gasteiger partial charge < -0.3 is 10.5 Å². The van der Waals surface area contributed by atoms with Gasteiger partial charge in [-0.15, -0.1) is 0 Å². The number of alkyl halides is 2. The first-order valence-electron chi connectivity index (χ1n) is 4.21. The van der Waals surface area contributed by atoms with E-state index in [4.69, 9.17) is 5.73 Å². The fourth-order valence-corrected chi connectivity index (χ4v) is 1.28. The second kappa shape index (κ2) is 4.79. The van der Waals surface area contributed by atoms with Crippen LogP contribution in [-0.2, 0) is 6.54 Å². The zero-order valence-electron chi connectivity index (χ0n) is 8.31. The van der Waals surface area contributed by atoms with E-state index < -0.39 is 29.3 Å². The van der Waals surface area contributed by atoms with Gasteiger partial charge in [-0.25, -0.2) is 8.78 Å². The molecule has 6 nitrogen and oxygen atoms in total. The molecule has 2 N–H and O–H groups in total. The SMILES string of the molecule is COc1cnc(C(F)F)c(CN)c1[N+](=O)[O-]. The monoisotopic (exact) mass is 233 g/mol. The lowest BCUT2D eigenvalue weighted by molar-refractivity contribution is -0.386. The molecule has 1 aromatic rings. The Labute approximate surface area is 89.2 Å². The highest BCUT2D eigenvalue weighted by molar-refractivity contribution is 5.53. The van der Waals surface area contributed by atoms with E-state index in [9.17, 15) is 18.9 Å². The topological polar surface area (TPSA) is 91.3 Å². The minimum absolute atomic E-state index is 0.185. The predicted molar refractivity (Wildman–Crippen MR) is 50.3 cm³/mol. The van der Waals surface area contributed by atoms with Crippen LogP contribution in [0.4, 0.5) is 14.5 Å². The number of pyridine rings is 1. The normalized spacial score (nSPS) is 10.6. The first-order valence-corrected chi connectivity index (χ1v) is 4.21. The van der Waals surface area contributed by atoms with Crippen molar-refractivity contribution in [1.82, 2.24) is 4.98 Å². The van der Waals surface area contributed by atoms with E-state index >= 15 is 0 Å². The number of nitrogens with two attached hydrogens (primary N) is 1. The minimum atomic E-state index is -2.91. The number of nitro groups is 1. The summed E-state index contributed by atoms with van der Waals surface area (Å²) in [4.78, 5) is 13.3. The zero-order chi connectivity index (χ0) is 12.3. The molecule has 0 aliphatic rings. The molecule has 0 aliphatic heterocycles. The fraction of sp³-hybridized carbons (Fsp3) is 0.375. The molecule has 0 saturated heterocycles. The zero-order valence-corrected chi connectivity index (χ0v) is 8.31. The van der Waals surface area contributed by atoms with Gasteiger partial charge in [0.1, 0.15) is 5.69 Å². The third-order valence-electron chi connectivity index (χ3n) is 1.96. The van der Waals surface area contributed by atoms with Crippen LogP contribution in [0.25, 0.3) is 0 Å². The maximum atomic E-state index is 12.5. The summed E-state index contributed by atoms with van der Waals surface area (Å²) in [6.07, 6.45) is -2.03. The van der Waals surface area contributed by atoms with Crippen molar-refractivity contribution in [1.29, 1.82) is 0 Å². The lowest BCUT2D eigenvalue weighted by Gasteiger charge is -2.09. The van der Waals surface area contributed by atoms with Crippen molar-refractivity contribution >= 4 is 5.69 Å². The molecule has 0 atom stereocenters. The number of hydrogen-bond donors (Lipinski definition) is 1. The van der Waals surface area contributed by atoms with Crippen molar-refractivity contribution in [3.05, 3.63) is 27.6 Å². The first kappa shape index (κ1) is 12.2. The van der Waals surface area contributed by atoms with Crippen LogP contribution < -0.4 is 10.5 Å². The summed E-state index contributed by atoms with van der Waals surface area (Å²) >= 11 is 0. The van der Waals surface area contributed by atoms with Crippen LogP contribution in [0.3, 0.4) is 0 Å². The number of halogens is 2. The highest BCUT2D eigenvalue weighted by atomic mass is 19.3. The van der Waals surface area contributed by atoms with Gasteiger partial charge in [0.15, 0.2) is 0 Å². The summed E-state index contributed by atoms with van der Waals surface area (Å²) in [5.41, 5.74) is 3.67. The van der Waals surface area contributed by atoms with Crippen molar-refractivity contribution in [2.45, 2.75) is 13.0 Å². The summed E-state index contributed by atoms with van der Waals surface area (Å²) < 4.78 is 29.7. The molecule has 0 fully saturated rings. The second-order valence-electron chi connectivity index (χ2n) is 2.80. The van der Waals surface area contributed by atoms with Gasteiger partial charge in [-0.3, -0.25) is 15.1 Å². The van der Waals surface area contributed by atoms with Gasteiger partial charge in [-0.05, 0) is 0 Å². The van der Waals surface area contributed by atoms with Crippen LogP contribution in [0.15, 0.2) is 6.20 Å². The Bertz CT molecular complexity index is 412. The van der Waals surface area contributed by atoms with Crippen molar-refractivity contribution in [3.8, 4) is 5.75 Å². The predicted octanol–water partition coefficient (Wildman–Crippen LogP) is 1.39. The molecule has 1 aromatic heterocycles. The molecule has 0 bridgehead atoms. The van der Waals surface area contributed by atoms with Crippen LogP contribution in [0.5, 0.6) is 5.75 Å². The Kier molecular flexibility index (Phi) is 3.67. The van der Waals surface area contributed by atoms with Gasteiger partial charge >= 0.3 is 5.69 Å². The second-order valence-corrected chi connectivity index (χ2v) is 2.80. The van der Waals surface area contributed by atoms with Crippen molar-refractivity contribution in [2.75, 3.05) is 7.11 Å². The summed E-state index contributed by atoms with van der Waals surface area (Å²) in [7, 11) is 1.19. The molecule has 1 rings (SSSR count). The largest absolute Gasteiger partial charge is 0.489 e. The number of ether oxygens (including phenoxy) is 1. The van der Waals surface area contributed by atoms with Crippen LogP contribution in [0, 0.1) is 10.1 Å². The molecule has 0 radical (unpaired) electrons. The average molecular weight is 233 g/mol. The lowest BCUT2D eigenvalue weighted by Crippen LogP contribution is -2.09. The lowest BCUT2D eigenvalue weighted by atomic mass is 10.1. The Morgan fingerprint density at radius 3 is 2.69 bits per heavy atom. The summed E-state index contributed by atoms with van der Waals surface area (Å²) in [6.45, 7) is -0.403. The number of hydrogen-bond acceptors (Lipinski definition) is 5. The fourth-order valence-electron chi connectivity index (χ4n) is 1.28. The van der Waals surface area contributed by atoms with Crippen LogP contribution >= 0.6 is 0 Å². The molecule has 0 spiro atoms. The van der Waals surface area contributed by atoms with E-state index in [0.29, 0.717) is 0 Å². The van der Waals surface area contributed by atoms with Gasteiger partial charge in [-0.1, -0.05) is 0 Å². The minimum Gasteiger partial charge on any atom is -0.489 e. The molecule has 16 heavy (non-hydrogen) atoms. The van der Waals surface area contributed by atoms with E-state index in [-0.39, 0.29) is 11.3 Å². The average Bonchev–Trinajstić information content (AvgIpc) is 2.26. The summed E-state index contributed by atoms with van der Waals surface area (Å²) in [5, 5.41) is 10.7. The molecule has 0 aromatic carbocycles. The maximum Gasteiger partial charge on any atom is 0.319 e. The van der Waals surface area contributed by atoms with Gasteiger partial charge in [0.05, 0.1) is 23.8 Å². The van der Waals surface area contributed by atoms with Crippen molar-refractivity contribution < 1.29 is 18.4 Å². The third kappa shape index (κ3) is 2.06. The molecule has 1 heterocycles. The standard InChI is InChI=1S/C8H9F2N3O3/c1-16-5-3-12-6(8(9)10)4(2-11)7(5)13(14)15/h3,8H,2,11H2,1H3. The van der Waals surface area contributed by atoms with E-state index in [0.717, 1.165) is 6.20 Å². The Morgan fingerprint density at radius 2 is 2.31 bits per heavy atom. The quantitative estimate of drug-likeness (QED) is 0.626. The molecule has 0 unspecified atom stereocenters. The van der Waals surface area contributed by atoms with Gasteiger partial charge in [0.2, 0.25) is 5.75 Å². The van der Waals surface area contributed by atoms with E-state index in [2.05, 4.69) is 9.72 Å². The van der Waals surface area contributed by atoms with Gasteiger partial charge in [-0.2, -0.15) is 0 Å². The summed E-state index contributed by atoms with van der Waals surface area (Å²) in [5.74, 6) is -0.185. The third-order valence-corrected chi connectivity index (χ3v) is 1.96. The Hall–Kier alpha value is -1.83. The van der Waals surface area contributed by atoms with Gasteiger partial charge in [0.25, 0.3) is 6.43 Å². The van der Waals surface area contributed by atoms with Crippen LogP contribution in [0.1, 0.15) is 17.7 Å². The number of rotatable bonds is 4. The molecular formula is C8H9F2N3O3. The highest BCUT2D eigenvalue weighted by Crippen LogP contribution is 2.34. The number of methoxy groups -OCH3 is 1. The molecule has 0 amide bonds. The van der Waals surface area contributed by atoms with Crippen molar-refractivity contribution in [3.63, 3.8) is 0 Å². The molecule has 8 heteroatoms. The van der Waals surface area contributed by atoms with Crippen LogP contribution in [-0.4, -0.2) is 17.0 Å².